The normalized spacial score (nSPS) is 22.3. The number of carbonyl (C=O) groups excluding carboxylic acids is 2. The summed E-state index contributed by atoms with van der Waals surface area (Å²) in [6.45, 7) is 3.51. The Bertz CT molecular complexity index is 1320. The number of alkyl halides is 2. The van der Waals surface area contributed by atoms with Gasteiger partial charge in [-0.05, 0) is 43.5 Å². The number of anilines is 3. The van der Waals surface area contributed by atoms with Crippen molar-refractivity contribution in [2.45, 2.75) is 44.2 Å². The number of hydrogen-bond donors (Lipinski definition) is 3. The smallest absolute Gasteiger partial charge is 0.327 e. The summed E-state index contributed by atoms with van der Waals surface area (Å²) in [5.74, 6) is -3.15. The Morgan fingerprint density at radius 1 is 1.24 bits per heavy atom. The molecule has 3 aromatic rings. The van der Waals surface area contributed by atoms with Crippen molar-refractivity contribution >= 4 is 40.0 Å². The van der Waals surface area contributed by atoms with Crippen LogP contribution >= 0.6 is 0 Å². The van der Waals surface area contributed by atoms with E-state index in [2.05, 4.69) is 25.5 Å². The second kappa shape index (κ2) is 7.41. The lowest BCUT2D eigenvalue weighted by Crippen LogP contribution is -2.56. The number of aromatic amines is 1. The summed E-state index contributed by atoms with van der Waals surface area (Å²) >= 11 is 0. The van der Waals surface area contributed by atoms with Crippen LogP contribution in [0, 0.1) is 6.92 Å². The van der Waals surface area contributed by atoms with Crippen LogP contribution in [-0.4, -0.2) is 53.0 Å². The van der Waals surface area contributed by atoms with E-state index in [-0.39, 0.29) is 24.2 Å². The van der Waals surface area contributed by atoms with Gasteiger partial charge >= 0.3 is 6.03 Å². The maximum atomic E-state index is 13.5. The molecule has 2 aliphatic heterocycles. The van der Waals surface area contributed by atoms with Crippen molar-refractivity contribution < 1.29 is 18.4 Å². The number of hydrogen-bond acceptors (Lipinski definition) is 4. The molecule has 1 saturated carbocycles. The molecule has 1 aromatic carbocycles. The van der Waals surface area contributed by atoms with Gasteiger partial charge in [0.25, 0.3) is 11.8 Å². The van der Waals surface area contributed by atoms with Gasteiger partial charge in [-0.2, -0.15) is 0 Å². The summed E-state index contributed by atoms with van der Waals surface area (Å²) < 4.78 is 26.6. The minimum atomic E-state index is -2.86. The molecule has 2 atom stereocenters. The summed E-state index contributed by atoms with van der Waals surface area (Å²) in [5, 5.41) is 6.23. The molecule has 6 rings (SSSR count). The molecular formula is C24H24F2N6O2. The highest BCUT2D eigenvalue weighted by atomic mass is 19.3. The van der Waals surface area contributed by atoms with Gasteiger partial charge in [-0.1, -0.05) is 12.1 Å². The summed E-state index contributed by atoms with van der Waals surface area (Å²) in [4.78, 5) is 37.6. The summed E-state index contributed by atoms with van der Waals surface area (Å²) in [7, 11) is 0. The number of amides is 3. The molecule has 10 heteroatoms. The second-order valence-electron chi connectivity index (χ2n) is 9.32. The Balaban J connectivity index is 1.32. The van der Waals surface area contributed by atoms with Gasteiger partial charge in [0.1, 0.15) is 5.69 Å². The minimum Gasteiger partial charge on any atom is -0.366 e. The molecule has 3 aliphatic rings. The maximum Gasteiger partial charge on any atom is 0.327 e. The number of H-pyrrole nitrogens is 1. The summed E-state index contributed by atoms with van der Waals surface area (Å²) in [5.41, 5.74) is 3.46. The van der Waals surface area contributed by atoms with Gasteiger partial charge in [0.2, 0.25) is 0 Å². The fraction of sp³-hybridized carbons (Fsp3) is 0.375. The van der Waals surface area contributed by atoms with Gasteiger partial charge in [-0.25, -0.2) is 18.6 Å². The first kappa shape index (κ1) is 20.9. The number of nitrogens with one attached hydrogen (secondary N) is 3. The number of nitrogens with zero attached hydrogens (tertiary/aromatic N) is 3. The molecule has 2 fully saturated rings. The zero-order valence-electron chi connectivity index (χ0n) is 18.6. The SMILES string of the molecule is Cc1ccc2c(NC(=O)N3c4nc(C(=O)N[C@@H]5CC5(F)F)ccc4N4CCC[C@H]3C4)c[nH]c2c1. The Morgan fingerprint density at radius 2 is 2.06 bits per heavy atom. The van der Waals surface area contributed by atoms with Crippen molar-refractivity contribution in [2.24, 2.45) is 0 Å². The van der Waals surface area contributed by atoms with Crippen molar-refractivity contribution in [3.63, 3.8) is 0 Å². The van der Waals surface area contributed by atoms with Crippen molar-refractivity contribution in [3.05, 3.63) is 47.8 Å². The number of aryl methyl sites for hydroxylation is 1. The number of halogens is 2. The van der Waals surface area contributed by atoms with E-state index < -0.39 is 17.9 Å². The van der Waals surface area contributed by atoms with Gasteiger partial charge in [-0.15, -0.1) is 0 Å². The Morgan fingerprint density at radius 3 is 2.85 bits per heavy atom. The molecule has 176 valence electrons. The molecule has 3 amide bonds. The number of pyridine rings is 1. The van der Waals surface area contributed by atoms with E-state index >= 15 is 0 Å². The van der Waals surface area contributed by atoms with E-state index in [4.69, 9.17) is 0 Å². The third-order valence-corrected chi connectivity index (χ3v) is 6.85. The Kier molecular flexibility index (Phi) is 4.55. The fourth-order valence-corrected chi connectivity index (χ4v) is 4.93. The third-order valence-electron chi connectivity index (χ3n) is 6.85. The van der Waals surface area contributed by atoms with Crippen LogP contribution in [0.2, 0.25) is 0 Å². The van der Waals surface area contributed by atoms with Crippen molar-refractivity contribution in [1.82, 2.24) is 15.3 Å². The topological polar surface area (TPSA) is 93.4 Å². The van der Waals surface area contributed by atoms with Crippen molar-refractivity contribution in [2.75, 3.05) is 28.2 Å². The largest absolute Gasteiger partial charge is 0.366 e. The lowest BCUT2D eigenvalue weighted by molar-refractivity contribution is 0.0845. The lowest BCUT2D eigenvalue weighted by atomic mass is 9.99. The van der Waals surface area contributed by atoms with Crippen LogP contribution in [0.1, 0.15) is 35.3 Å². The molecular weight excluding hydrogens is 442 g/mol. The van der Waals surface area contributed by atoms with E-state index in [9.17, 15) is 18.4 Å². The monoisotopic (exact) mass is 466 g/mol. The van der Waals surface area contributed by atoms with Crippen LogP contribution in [0.5, 0.6) is 0 Å². The average Bonchev–Trinajstić information content (AvgIpc) is 3.22. The molecule has 1 aliphatic carbocycles. The molecule has 2 bridgehead atoms. The summed E-state index contributed by atoms with van der Waals surface area (Å²) in [6, 6.07) is 7.62. The van der Waals surface area contributed by atoms with Crippen LogP contribution in [0.3, 0.4) is 0 Å². The van der Waals surface area contributed by atoms with E-state index in [0.29, 0.717) is 18.1 Å². The van der Waals surface area contributed by atoms with E-state index in [1.54, 1.807) is 17.2 Å². The van der Waals surface area contributed by atoms with E-state index in [1.807, 2.05) is 25.1 Å². The molecule has 3 N–H and O–H groups in total. The zero-order chi connectivity index (χ0) is 23.6. The van der Waals surface area contributed by atoms with Crippen molar-refractivity contribution in [3.8, 4) is 0 Å². The highest BCUT2D eigenvalue weighted by Crippen LogP contribution is 2.42. The van der Waals surface area contributed by atoms with Gasteiger partial charge < -0.3 is 20.5 Å². The van der Waals surface area contributed by atoms with Crippen LogP contribution in [0.25, 0.3) is 10.9 Å². The minimum absolute atomic E-state index is 0.0167. The highest BCUT2D eigenvalue weighted by Gasteiger charge is 2.58. The molecule has 0 unspecified atom stereocenters. The Hall–Kier alpha value is -3.69. The summed E-state index contributed by atoms with van der Waals surface area (Å²) in [6.07, 6.45) is 3.13. The number of urea groups is 1. The number of carbonyl (C=O) groups is 2. The third kappa shape index (κ3) is 3.44. The van der Waals surface area contributed by atoms with E-state index in [1.165, 1.54) is 6.07 Å². The van der Waals surface area contributed by atoms with Gasteiger partial charge in [-0.3, -0.25) is 9.69 Å². The number of rotatable bonds is 3. The number of piperidine rings is 1. The first-order valence-electron chi connectivity index (χ1n) is 11.4. The van der Waals surface area contributed by atoms with Gasteiger partial charge in [0, 0.05) is 36.6 Å². The predicted octanol–water partition coefficient (Wildman–Crippen LogP) is 4.03. The zero-order valence-corrected chi connectivity index (χ0v) is 18.6. The van der Waals surface area contributed by atoms with Crippen molar-refractivity contribution in [1.29, 1.82) is 0 Å². The molecule has 2 aromatic heterocycles. The average molecular weight is 466 g/mol. The molecule has 8 nitrogen and oxygen atoms in total. The fourth-order valence-electron chi connectivity index (χ4n) is 4.93. The molecule has 1 saturated heterocycles. The quantitative estimate of drug-likeness (QED) is 0.543. The number of benzene rings is 1. The molecule has 0 spiro atoms. The van der Waals surface area contributed by atoms with Crippen LogP contribution in [-0.2, 0) is 0 Å². The van der Waals surface area contributed by atoms with Gasteiger partial charge in [0.05, 0.1) is 23.5 Å². The van der Waals surface area contributed by atoms with Crippen LogP contribution in [0.4, 0.5) is 30.8 Å². The second-order valence-corrected chi connectivity index (χ2v) is 9.32. The molecule has 4 heterocycles. The number of aromatic nitrogens is 2. The molecule has 34 heavy (non-hydrogen) atoms. The standard InChI is InChI=1S/C24H24F2N6O2/c1-13-4-5-15-17(9-13)27-11-18(15)29-23(34)32-14-3-2-8-31(12-14)19-7-6-16(28-21(19)32)22(33)30-20-10-24(20,25)26/h4-7,9,11,14,20,27H,2-3,8,10,12H2,1H3,(H,29,34)(H,30,33)/t14-,20+/m0/s1. The molecule has 0 radical (unpaired) electrons. The first-order chi connectivity index (χ1) is 16.3. The lowest BCUT2D eigenvalue weighted by Gasteiger charge is -2.45. The number of fused-ring (bicyclic) bond motifs is 5. The Labute approximate surface area is 194 Å². The maximum absolute atomic E-state index is 13.5. The predicted molar refractivity (Wildman–Crippen MR) is 125 cm³/mol. The first-order valence-corrected chi connectivity index (χ1v) is 11.4. The highest BCUT2D eigenvalue weighted by molar-refractivity contribution is 6.09. The van der Waals surface area contributed by atoms with E-state index in [0.717, 1.165) is 41.5 Å². The van der Waals surface area contributed by atoms with Crippen LogP contribution < -0.4 is 20.4 Å². The van der Waals surface area contributed by atoms with Crippen LogP contribution in [0.15, 0.2) is 36.5 Å². The van der Waals surface area contributed by atoms with Gasteiger partial charge in [0.15, 0.2) is 5.82 Å².